The van der Waals surface area contributed by atoms with Gasteiger partial charge in [0.1, 0.15) is 5.82 Å². The highest BCUT2D eigenvalue weighted by atomic mass is 127. The van der Waals surface area contributed by atoms with Crippen LogP contribution in [0.5, 0.6) is 0 Å². The highest BCUT2D eigenvalue weighted by molar-refractivity contribution is 14.1. The Morgan fingerprint density at radius 1 is 1.00 bits per heavy atom. The normalized spacial score (nSPS) is 12.5. The largest absolute Gasteiger partial charge is 0.207 e. The molecule has 0 spiro atoms. The zero-order valence-corrected chi connectivity index (χ0v) is 13.4. The fourth-order valence-electron chi connectivity index (χ4n) is 1.58. The lowest BCUT2D eigenvalue weighted by atomic mass is 10.0. The monoisotopic (exact) mass is 414 g/mol. The minimum Gasteiger partial charge on any atom is -0.207 e. The van der Waals surface area contributed by atoms with Crippen molar-refractivity contribution in [1.29, 1.82) is 0 Å². The molecule has 0 fully saturated rings. The van der Waals surface area contributed by atoms with E-state index in [1.807, 2.05) is 22.6 Å². The maximum absolute atomic E-state index is 13.1. The molecule has 0 amide bonds. The van der Waals surface area contributed by atoms with Crippen LogP contribution < -0.4 is 0 Å². The Morgan fingerprint density at radius 2 is 1.72 bits per heavy atom. The van der Waals surface area contributed by atoms with Gasteiger partial charge < -0.3 is 0 Å². The van der Waals surface area contributed by atoms with E-state index in [-0.39, 0.29) is 5.82 Å². The molecule has 0 aliphatic heterocycles. The van der Waals surface area contributed by atoms with Gasteiger partial charge in [-0.05, 0) is 64.0 Å². The van der Waals surface area contributed by atoms with Gasteiger partial charge in [-0.25, -0.2) is 4.39 Å². The summed E-state index contributed by atoms with van der Waals surface area (Å²) < 4.78 is 13.8. The average molecular weight is 415 g/mol. The lowest BCUT2D eigenvalue weighted by Gasteiger charge is -2.14. The Bertz CT molecular complexity index is 586. The Kier molecular flexibility index (Phi) is 4.75. The van der Waals surface area contributed by atoms with Crippen molar-refractivity contribution in [2.24, 2.45) is 0 Å². The fourth-order valence-corrected chi connectivity index (χ4v) is 3.39. The van der Waals surface area contributed by atoms with Crippen molar-refractivity contribution in [3.05, 3.63) is 67.0 Å². The van der Waals surface area contributed by atoms with Gasteiger partial charge in [0.2, 0.25) is 0 Å². The number of rotatable bonds is 2. The summed E-state index contributed by atoms with van der Waals surface area (Å²) in [6.45, 7) is 0. The first-order valence-electron chi connectivity index (χ1n) is 5.03. The second-order valence-corrected chi connectivity index (χ2v) is 6.14. The van der Waals surface area contributed by atoms with Crippen LogP contribution in [-0.2, 0) is 0 Å². The molecule has 0 heterocycles. The molecule has 2 rings (SSSR count). The summed E-state index contributed by atoms with van der Waals surface area (Å²) in [5.74, 6) is -0.288. The van der Waals surface area contributed by atoms with Gasteiger partial charge in [-0.3, -0.25) is 0 Å². The molecule has 0 bridgehead atoms. The Balaban J connectivity index is 2.47. The maximum atomic E-state index is 13.1. The van der Waals surface area contributed by atoms with Crippen molar-refractivity contribution < 1.29 is 4.39 Å². The van der Waals surface area contributed by atoms with Crippen molar-refractivity contribution in [2.45, 2.75) is 5.38 Å². The van der Waals surface area contributed by atoms with E-state index in [1.54, 1.807) is 24.3 Å². The van der Waals surface area contributed by atoms with E-state index in [0.717, 1.165) is 14.7 Å². The standard InChI is InChI=1S/C13H7Cl3FI/c14-7-1-4-11(15)10(5-7)13(16)9-3-2-8(17)6-12(9)18/h1-6,13H. The zero-order chi connectivity index (χ0) is 13.3. The van der Waals surface area contributed by atoms with Crippen LogP contribution in [0.2, 0.25) is 10.0 Å². The average Bonchev–Trinajstić information content (AvgIpc) is 2.31. The van der Waals surface area contributed by atoms with Crippen molar-refractivity contribution >= 4 is 57.4 Å². The van der Waals surface area contributed by atoms with E-state index in [2.05, 4.69) is 0 Å². The van der Waals surface area contributed by atoms with Gasteiger partial charge in [-0.15, -0.1) is 11.6 Å². The third-order valence-corrected chi connectivity index (χ3v) is 4.45. The second-order valence-electron chi connectivity index (χ2n) is 3.69. The lowest BCUT2D eigenvalue weighted by Crippen LogP contribution is -1.98. The topological polar surface area (TPSA) is 0 Å². The molecular formula is C13H7Cl3FI. The van der Waals surface area contributed by atoms with E-state index in [9.17, 15) is 4.39 Å². The molecule has 0 N–H and O–H groups in total. The zero-order valence-electron chi connectivity index (χ0n) is 8.93. The highest BCUT2D eigenvalue weighted by Gasteiger charge is 2.17. The van der Waals surface area contributed by atoms with Gasteiger partial charge in [0.05, 0.1) is 5.38 Å². The SMILES string of the molecule is Fc1ccc(C(Cl)c2cc(Cl)ccc2Cl)c(I)c1. The molecule has 0 radical (unpaired) electrons. The molecule has 0 saturated heterocycles. The van der Waals surface area contributed by atoms with Crippen molar-refractivity contribution in [1.82, 2.24) is 0 Å². The Labute approximate surface area is 133 Å². The molecule has 0 nitrogen and oxygen atoms in total. The van der Waals surface area contributed by atoms with Gasteiger partial charge in [-0.2, -0.15) is 0 Å². The first kappa shape index (κ1) is 14.4. The number of hydrogen-bond donors (Lipinski definition) is 0. The van der Waals surface area contributed by atoms with Crippen LogP contribution in [0.15, 0.2) is 36.4 Å². The number of halogens is 5. The van der Waals surface area contributed by atoms with Gasteiger partial charge in [-0.1, -0.05) is 29.3 Å². The molecule has 94 valence electrons. The summed E-state index contributed by atoms with van der Waals surface area (Å²) in [5.41, 5.74) is 1.53. The second kappa shape index (κ2) is 5.95. The molecule has 0 aliphatic rings. The molecule has 5 heteroatoms. The molecule has 2 aromatic rings. The first-order valence-corrected chi connectivity index (χ1v) is 7.30. The van der Waals surface area contributed by atoms with E-state index in [0.29, 0.717) is 10.0 Å². The minimum absolute atomic E-state index is 0.288. The maximum Gasteiger partial charge on any atom is 0.124 e. The first-order chi connectivity index (χ1) is 8.49. The van der Waals surface area contributed by atoms with Crippen LogP contribution in [0.25, 0.3) is 0 Å². The Morgan fingerprint density at radius 3 is 2.39 bits per heavy atom. The van der Waals surface area contributed by atoms with Crippen molar-refractivity contribution in [3.63, 3.8) is 0 Å². The molecule has 2 aromatic carbocycles. The fraction of sp³-hybridized carbons (Fsp3) is 0.0769. The summed E-state index contributed by atoms with van der Waals surface area (Å²) in [4.78, 5) is 0. The Hall–Kier alpha value is -0.0300. The van der Waals surface area contributed by atoms with Gasteiger partial charge >= 0.3 is 0 Å². The van der Waals surface area contributed by atoms with Crippen LogP contribution in [0.4, 0.5) is 4.39 Å². The third kappa shape index (κ3) is 3.10. The van der Waals surface area contributed by atoms with E-state index in [1.165, 1.54) is 12.1 Å². The van der Waals surface area contributed by atoms with Gasteiger partial charge in [0, 0.05) is 13.6 Å². The molecule has 0 aromatic heterocycles. The van der Waals surface area contributed by atoms with E-state index in [4.69, 9.17) is 34.8 Å². The summed E-state index contributed by atoms with van der Waals surface area (Å²) in [5, 5.41) is 0.653. The summed E-state index contributed by atoms with van der Waals surface area (Å²) >= 11 is 20.5. The van der Waals surface area contributed by atoms with Crippen molar-refractivity contribution in [2.75, 3.05) is 0 Å². The lowest BCUT2D eigenvalue weighted by molar-refractivity contribution is 0.626. The van der Waals surface area contributed by atoms with Crippen LogP contribution in [-0.4, -0.2) is 0 Å². The molecular weight excluding hydrogens is 408 g/mol. The minimum atomic E-state index is -0.455. The third-order valence-electron chi connectivity index (χ3n) is 2.47. The van der Waals surface area contributed by atoms with E-state index >= 15 is 0 Å². The quantitative estimate of drug-likeness (QED) is 0.413. The predicted octanol–water partition coefficient (Wildman–Crippen LogP) is 6.07. The summed E-state index contributed by atoms with van der Waals surface area (Å²) in [7, 11) is 0. The summed E-state index contributed by atoms with van der Waals surface area (Å²) in [6, 6.07) is 9.60. The predicted molar refractivity (Wildman–Crippen MR) is 83.3 cm³/mol. The van der Waals surface area contributed by atoms with Crippen molar-refractivity contribution in [3.8, 4) is 0 Å². The van der Waals surface area contributed by atoms with Crippen LogP contribution in [0.3, 0.4) is 0 Å². The van der Waals surface area contributed by atoms with Crippen LogP contribution >= 0.6 is 57.4 Å². The number of hydrogen-bond acceptors (Lipinski definition) is 0. The van der Waals surface area contributed by atoms with E-state index < -0.39 is 5.38 Å². The molecule has 0 aliphatic carbocycles. The van der Waals surface area contributed by atoms with Crippen LogP contribution in [0.1, 0.15) is 16.5 Å². The van der Waals surface area contributed by atoms with Gasteiger partial charge in [0.25, 0.3) is 0 Å². The smallest absolute Gasteiger partial charge is 0.124 e. The molecule has 18 heavy (non-hydrogen) atoms. The summed E-state index contributed by atoms with van der Waals surface area (Å²) in [6.07, 6.45) is 0. The van der Waals surface area contributed by atoms with Crippen LogP contribution in [0, 0.1) is 9.39 Å². The number of alkyl halides is 1. The highest BCUT2D eigenvalue weighted by Crippen LogP contribution is 2.37. The number of benzene rings is 2. The molecule has 1 unspecified atom stereocenters. The molecule has 0 saturated carbocycles. The molecule has 1 atom stereocenters. The van der Waals surface area contributed by atoms with Gasteiger partial charge in [0.15, 0.2) is 0 Å².